The Hall–Kier alpha value is -2.39. The van der Waals surface area contributed by atoms with Gasteiger partial charge in [-0.3, -0.25) is 24.1 Å². The number of aromatic nitrogens is 1. The second-order valence-electron chi connectivity index (χ2n) is 8.53. The Labute approximate surface area is 179 Å². The van der Waals surface area contributed by atoms with E-state index in [0.717, 1.165) is 26.8 Å². The molecule has 154 valence electrons. The number of imide groups is 1. The predicted octanol–water partition coefficient (Wildman–Crippen LogP) is 1.99. The van der Waals surface area contributed by atoms with Gasteiger partial charge in [0.1, 0.15) is 6.54 Å². The van der Waals surface area contributed by atoms with Gasteiger partial charge in [-0.1, -0.05) is 41.7 Å². The zero-order valence-corrected chi connectivity index (χ0v) is 17.3. The summed E-state index contributed by atoms with van der Waals surface area (Å²) in [5.41, 5.74) is 1.12. The minimum Gasteiger partial charge on any atom is -0.480 e. The molecular weight excluding hydrogens is 424 g/mol. The van der Waals surface area contributed by atoms with E-state index < -0.39 is 24.3 Å². The summed E-state index contributed by atoms with van der Waals surface area (Å²) in [4.78, 5) is 54.3. The lowest BCUT2D eigenvalue weighted by Gasteiger charge is -2.43. The van der Waals surface area contributed by atoms with Gasteiger partial charge in [0.05, 0.1) is 16.9 Å². The van der Waals surface area contributed by atoms with Gasteiger partial charge >= 0.3 is 10.8 Å². The van der Waals surface area contributed by atoms with E-state index in [1.165, 1.54) is 11.3 Å². The maximum absolute atomic E-state index is 13.1. The van der Waals surface area contributed by atoms with Crippen molar-refractivity contribution in [3.05, 3.63) is 50.4 Å². The largest absolute Gasteiger partial charge is 0.480 e. The molecule has 3 fully saturated rings. The first-order valence-electron chi connectivity index (χ1n) is 9.97. The number of amides is 2. The SMILES string of the molecule is O=C(O)CN1C(=O)[C@@H]2[C@@H]3C[C@@H]([C@H]4Sc5[nH]c(=O)sc5[C@@H](c5ccccc5)[C@@H]34)[C@@H]2C1=O. The third-order valence-corrected chi connectivity index (χ3v) is 9.86. The van der Waals surface area contributed by atoms with E-state index in [1.807, 2.05) is 18.2 Å². The van der Waals surface area contributed by atoms with E-state index in [0.29, 0.717) is 0 Å². The number of benzene rings is 1. The number of thiazole rings is 1. The topological polar surface area (TPSA) is 108 Å². The molecule has 2 aliphatic heterocycles. The molecule has 0 radical (unpaired) electrons. The second-order valence-corrected chi connectivity index (χ2v) is 10.7. The van der Waals surface area contributed by atoms with Crippen LogP contribution in [0.4, 0.5) is 0 Å². The Morgan fingerprint density at radius 1 is 1.10 bits per heavy atom. The zero-order valence-electron chi connectivity index (χ0n) is 15.7. The second kappa shape index (κ2) is 6.31. The number of hydrogen-bond acceptors (Lipinski definition) is 6. The number of nitrogens with one attached hydrogen (secondary N) is 1. The number of carbonyl (C=O) groups excluding carboxylic acids is 2. The van der Waals surface area contributed by atoms with Gasteiger partial charge in [0.2, 0.25) is 11.8 Å². The Balaban J connectivity index is 1.45. The summed E-state index contributed by atoms with van der Waals surface area (Å²) in [6.45, 7) is -0.560. The van der Waals surface area contributed by atoms with Crippen molar-refractivity contribution in [1.82, 2.24) is 9.88 Å². The van der Waals surface area contributed by atoms with Crippen LogP contribution in [0, 0.1) is 29.6 Å². The van der Waals surface area contributed by atoms with Gasteiger partial charge < -0.3 is 10.1 Å². The molecule has 2 saturated carbocycles. The van der Waals surface area contributed by atoms with Gasteiger partial charge in [0, 0.05) is 16.0 Å². The fraction of sp³-hybridized carbons (Fsp3) is 0.429. The summed E-state index contributed by atoms with van der Waals surface area (Å²) in [6.07, 6.45) is 0.804. The van der Waals surface area contributed by atoms with Crippen LogP contribution in [0.3, 0.4) is 0 Å². The number of rotatable bonds is 3. The molecule has 0 spiro atoms. The fourth-order valence-corrected chi connectivity index (χ4v) is 9.29. The third kappa shape index (κ3) is 2.33. The van der Waals surface area contributed by atoms with Crippen molar-refractivity contribution in [3.63, 3.8) is 0 Å². The van der Waals surface area contributed by atoms with Crippen LogP contribution in [-0.2, 0) is 14.4 Å². The van der Waals surface area contributed by atoms with Crippen LogP contribution in [0.1, 0.15) is 22.8 Å². The molecule has 9 heteroatoms. The van der Waals surface area contributed by atoms with Crippen molar-refractivity contribution in [2.75, 3.05) is 6.54 Å². The van der Waals surface area contributed by atoms with Crippen molar-refractivity contribution in [3.8, 4) is 0 Å². The molecule has 1 aromatic heterocycles. The first-order valence-corrected chi connectivity index (χ1v) is 11.7. The van der Waals surface area contributed by atoms with E-state index in [-0.39, 0.29) is 45.6 Å². The summed E-state index contributed by atoms with van der Waals surface area (Å²) in [6, 6.07) is 10.0. The minimum atomic E-state index is -1.17. The maximum atomic E-state index is 13.1. The van der Waals surface area contributed by atoms with Crippen LogP contribution >= 0.6 is 23.1 Å². The Morgan fingerprint density at radius 3 is 2.50 bits per heavy atom. The van der Waals surface area contributed by atoms with E-state index in [1.54, 1.807) is 11.8 Å². The molecule has 0 unspecified atom stereocenters. The van der Waals surface area contributed by atoms with Gasteiger partial charge in [-0.25, -0.2) is 0 Å². The molecular formula is C21H18N2O5S2. The number of carboxylic acid groups (broad SMARTS) is 1. The first-order chi connectivity index (χ1) is 14.5. The molecule has 7 nitrogen and oxygen atoms in total. The summed E-state index contributed by atoms with van der Waals surface area (Å²) < 4.78 is 0. The molecule has 2 bridgehead atoms. The highest BCUT2D eigenvalue weighted by molar-refractivity contribution is 8.00. The first kappa shape index (κ1) is 18.4. The third-order valence-electron chi connectivity index (χ3n) is 7.27. The molecule has 2 N–H and O–H groups in total. The lowest BCUT2D eigenvalue weighted by molar-refractivity contribution is -0.149. The zero-order chi connectivity index (χ0) is 20.7. The number of fused-ring (bicyclic) bond motifs is 9. The van der Waals surface area contributed by atoms with Gasteiger partial charge in [0.25, 0.3) is 0 Å². The van der Waals surface area contributed by atoms with Crippen LogP contribution in [0.25, 0.3) is 0 Å². The van der Waals surface area contributed by atoms with Crippen molar-refractivity contribution < 1.29 is 19.5 Å². The average molecular weight is 443 g/mol. The molecule has 30 heavy (non-hydrogen) atoms. The maximum Gasteiger partial charge on any atom is 0.323 e. The lowest BCUT2D eigenvalue weighted by atomic mass is 9.68. The number of aliphatic carboxylic acids is 1. The molecule has 2 aliphatic carbocycles. The molecule has 1 saturated heterocycles. The molecule has 4 aliphatic rings. The van der Waals surface area contributed by atoms with Gasteiger partial charge in [-0.15, -0.1) is 11.8 Å². The van der Waals surface area contributed by atoms with Crippen molar-refractivity contribution in [2.45, 2.75) is 22.6 Å². The minimum absolute atomic E-state index is 0.00350. The normalized spacial score (nSPS) is 36.0. The number of thioether (sulfide) groups is 1. The summed E-state index contributed by atoms with van der Waals surface area (Å²) >= 11 is 2.87. The highest BCUT2D eigenvalue weighted by atomic mass is 32.2. The molecule has 3 heterocycles. The Morgan fingerprint density at radius 2 is 1.80 bits per heavy atom. The van der Waals surface area contributed by atoms with Crippen LogP contribution in [0.5, 0.6) is 0 Å². The summed E-state index contributed by atoms with van der Waals surface area (Å²) in [5.74, 6) is -2.52. The van der Waals surface area contributed by atoms with Crippen molar-refractivity contribution >= 4 is 40.9 Å². The fourth-order valence-electron chi connectivity index (χ4n) is 6.40. The highest BCUT2D eigenvalue weighted by Gasteiger charge is 2.69. The highest BCUT2D eigenvalue weighted by Crippen LogP contribution is 2.68. The van der Waals surface area contributed by atoms with Gasteiger partial charge in [-0.2, -0.15) is 0 Å². The Kier molecular flexibility index (Phi) is 3.86. The quantitative estimate of drug-likeness (QED) is 0.704. The van der Waals surface area contributed by atoms with Crippen LogP contribution < -0.4 is 4.87 Å². The monoisotopic (exact) mass is 442 g/mol. The summed E-state index contributed by atoms with van der Waals surface area (Å²) in [5, 5.41) is 10.2. The lowest BCUT2D eigenvalue weighted by Crippen LogP contribution is -2.42. The number of carboxylic acids is 1. The molecule has 2 aromatic rings. The number of H-pyrrole nitrogens is 1. The van der Waals surface area contributed by atoms with E-state index in [4.69, 9.17) is 5.11 Å². The number of aromatic amines is 1. The molecule has 1 aromatic carbocycles. The van der Waals surface area contributed by atoms with Crippen molar-refractivity contribution in [1.29, 1.82) is 0 Å². The number of carbonyl (C=O) groups is 3. The van der Waals surface area contributed by atoms with E-state index >= 15 is 0 Å². The average Bonchev–Trinajstić information content (AvgIpc) is 3.44. The van der Waals surface area contributed by atoms with Crippen LogP contribution in [0.15, 0.2) is 40.2 Å². The summed E-state index contributed by atoms with van der Waals surface area (Å²) in [7, 11) is 0. The molecule has 2 amide bonds. The van der Waals surface area contributed by atoms with E-state index in [2.05, 4.69) is 17.1 Å². The Bertz CT molecular complexity index is 1140. The predicted molar refractivity (Wildman–Crippen MR) is 109 cm³/mol. The van der Waals surface area contributed by atoms with Gasteiger partial charge in [-0.05, 0) is 29.7 Å². The van der Waals surface area contributed by atoms with Crippen LogP contribution in [-0.4, -0.2) is 44.6 Å². The molecule has 7 atom stereocenters. The number of likely N-dealkylation sites (tertiary alicyclic amines) is 1. The molecule has 6 rings (SSSR count). The van der Waals surface area contributed by atoms with Gasteiger partial charge in [0.15, 0.2) is 0 Å². The smallest absolute Gasteiger partial charge is 0.323 e. The van der Waals surface area contributed by atoms with E-state index in [9.17, 15) is 19.2 Å². The standard InChI is InChI=1S/C21H18N2O5S2/c24-11(25)7-23-19(26)14-9-6-10(15(14)20(23)27)16-13(9)12(8-4-2-1-3-5-8)17-18(29-16)22-21(28)30-17/h1-5,9-10,12-16H,6-7H2,(H,22,28)(H,24,25)/t9-,10-,12+,13-,14-,15+,16-/m1/s1. The number of hydrogen-bond donors (Lipinski definition) is 2. The van der Waals surface area contributed by atoms with Crippen molar-refractivity contribution in [2.24, 2.45) is 29.6 Å². The van der Waals surface area contributed by atoms with Crippen LogP contribution in [0.2, 0.25) is 0 Å². The number of nitrogens with zero attached hydrogens (tertiary/aromatic N) is 1.